The van der Waals surface area contributed by atoms with Crippen LogP contribution in [0.1, 0.15) is 70.8 Å². The van der Waals surface area contributed by atoms with Crippen LogP contribution in [0, 0.1) is 3.57 Å². The fourth-order valence-corrected chi connectivity index (χ4v) is 3.18. The highest BCUT2D eigenvalue weighted by atomic mass is 127. The lowest BCUT2D eigenvalue weighted by Crippen LogP contribution is -2.30. The maximum atomic E-state index is 3.66. The maximum Gasteiger partial charge on any atom is 0.0130 e. The minimum atomic E-state index is 0.644. The smallest absolute Gasteiger partial charge is 0.0130 e. The van der Waals surface area contributed by atoms with Crippen molar-refractivity contribution < 1.29 is 0 Å². The minimum absolute atomic E-state index is 0.644. The SMILES string of the molecule is CCCCCCCCCC(Cc1ccc(I)cc1)NCC. The van der Waals surface area contributed by atoms with Crippen molar-refractivity contribution in [2.45, 2.75) is 77.7 Å². The van der Waals surface area contributed by atoms with Gasteiger partial charge in [-0.1, -0.05) is 70.9 Å². The summed E-state index contributed by atoms with van der Waals surface area (Å²) in [5.74, 6) is 0. The van der Waals surface area contributed by atoms with Gasteiger partial charge in [0.1, 0.15) is 0 Å². The molecule has 1 N–H and O–H groups in total. The molecule has 0 amide bonds. The highest BCUT2D eigenvalue weighted by Crippen LogP contribution is 2.14. The van der Waals surface area contributed by atoms with Gasteiger partial charge in [0.2, 0.25) is 0 Å². The van der Waals surface area contributed by atoms with Crippen LogP contribution in [0.4, 0.5) is 0 Å². The zero-order valence-corrected chi connectivity index (χ0v) is 16.0. The van der Waals surface area contributed by atoms with Crippen LogP contribution in [-0.2, 0) is 6.42 Å². The van der Waals surface area contributed by atoms with Gasteiger partial charge in [0.15, 0.2) is 0 Å². The molecule has 1 unspecified atom stereocenters. The molecule has 0 heterocycles. The van der Waals surface area contributed by atoms with Crippen molar-refractivity contribution >= 4 is 22.6 Å². The third-order valence-corrected chi connectivity index (χ3v) is 4.76. The van der Waals surface area contributed by atoms with E-state index in [1.54, 1.807) is 0 Å². The Balaban J connectivity index is 2.21. The Morgan fingerprint density at radius 1 is 0.905 bits per heavy atom. The molecule has 0 spiro atoms. The van der Waals surface area contributed by atoms with E-state index >= 15 is 0 Å². The van der Waals surface area contributed by atoms with Gasteiger partial charge in [-0.3, -0.25) is 0 Å². The van der Waals surface area contributed by atoms with Gasteiger partial charge in [0.05, 0.1) is 0 Å². The number of hydrogen-bond acceptors (Lipinski definition) is 1. The zero-order chi connectivity index (χ0) is 15.3. The first-order chi connectivity index (χ1) is 10.3. The van der Waals surface area contributed by atoms with Gasteiger partial charge in [0, 0.05) is 9.61 Å². The number of unbranched alkanes of at least 4 members (excludes halogenated alkanes) is 6. The molecule has 0 radical (unpaired) electrons. The van der Waals surface area contributed by atoms with Gasteiger partial charge >= 0.3 is 0 Å². The Kier molecular flexibility index (Phi) is 11.2. The molecule has 0 aliphatic carbocycles. The summed E-state index contributed by atoms with van der Waals surface area (Å²) >= 11 is 2.37. The van der Waals surface area contributed by atoms with Crippen molar-refractivity contribution in [3.63, 3.8) is 0 Å². The topological polar surface area (TPSA) is 12.0 Å². The van der Waals surface area contributed by atoms with Crippen LogP contribution in [0.15, 0.2) is 24.3 Å². The summed E-state index contributed by atoms with van der Waals surface area (Å²) in [5, 5.41) is 3.66. The molecule has 0 aliphatic rings. The lowest BCUT2D eigenvalue weighted by atomic mass is 9.99. The standard InChI is InChI=1S/C19H32IN/c1-3-5-6-7-8-9-10-11-19(21-4-2)16-17-12-14-18(20)15-13-17/h12-15,19,21H,3-11,16H2,1-2H3. The largest absolute Gasteiger partial charge is 0.314 e. The van der Waals surface area contributed by atoms with Crippen molar-refractivity contribution in [2.75, 3.05) is 6.54 Å². The second kappa shape index (κ2) is 12.5. The van der Waals surface area contributed by atoms with Crippen molar-refractivity contribution in [1.82, 2.24) is 5.32 Å². The third kappa shape index (κ3) is 9.51. The summed E-state index contributed by atoms with van der Waals surface area (Å²) < 4.78 is 1.32. The fraction of sp³-hybridized carbons (Fsp3) is 0.684. The highest BCUT2D eigenvalue weighted by molar-refractivity contribution is 14.1. The number of likely N-dealkylation sites (N-methyl/N-ethyl adjacent to an activating group) is 1. The number of benzene rings is 1. The Hall–Kier alpha value is -0.0900. The quantitative estimate of drug-likeness (QED) is 0.337. The van der Waals surface area contributed by atoms with Gasteiger partial charge in [-0.05, 0) is 59.7 Å². The lowest BCUT2D eigenvalue weighted by molar-refractivity contribution is 0.459. The minimum Gasteiger partial charge on any atom is -0.314 e. The summed E-state index contributed by atoms with van der Waals surface area (Å²) in [4.78, 5) is 0. The van der Waals surface area contributed by atoms with Crippen LogP contribution in [0.25, 0.3) is 0 Å². The summed E-state index contributed by atoms with van der Waals surface area (Å²) in [6.07, 6.45) is 12.3. The second-order valence-corrected chi connectivity index (χ2v) is 7.24. The van der Waals surface area contributed by atoms with Gasteiger partial charge in [0.25, 0.3) is 0 Å². The molecule has 0 saturated heterocycles. The predicted molar refractivity (Wildman–Crippen MR) is 103 cm³/mol. The normalized spacial score (nSPS) is 12.5. The maximum absolute atomic E-state index is 3.66. The Bertz CT molecular complexity index is 347. The number of rotatable bonds is 12. The molecule has 1 nitrogen and oxygen atoms in total. The molecule has 1 rings (SSSR count). The first kappa shape index (κ1) is 19.0. The van der Waals surface area contributed by atoms with Crippen LogP contribution >= 0.6 is 22.6 Å². The van der Waals surface area contributed by atoms with E-state index in [1.165, 1.54) is 66.9 Å². The third-order valence-electron chi connectivity index (χ3n) is 4.04. The van der Waals surface area contributed by atoms with Crippen LogP contribution in [0.2, 0.25) is 0 Å². The molecule has 1 atom stereocenters. The monoisotopic (exact) mass is 401 g/mol. The van der Waals surface area contributed by atoms with Gasteiger partial charge in [-0.15, -0.1) is 0 Å². The van der Waals surface area contributed by atoms with E-state index < -0.39 is 0 Å². The molecule has 2 heteroatoms. The highest BCUT2D eigenvalue weighted by Gasteiger charge is 2.08. The molecule has 1 aromatic rings. The van der Waals surface area contributed by atoms with E-state index in [0.29, 0.717) is 6.04 Å². The van der Waals surface area contributed by atoms with Crippen LogP contribution in [0.3, 0.4) is 0 Å². The number of halogens is 1. The number of hydrogen-bond donors (Lipinski definition) is 1. The van der Waals surface area contributed by atoms with E-state index in [4.69, 9.17) is 0 Å². The average Bonchev–Trinajstić information content (AvgIpc) is 2.49. The summed E-state index contributed by atoms with van der Waals surface area (Å²) in [5.41, 5.74) is 1.46. The van der Waals surface area contributed by atoms with Gasteiger partial charge in [-0.2, -0.15) is 0 Å². The fourth-order valence-electron chi connectivity index (χ4n) is 2.82. The molecule has 0 fully saturated rings. The Morgan fingerprint density at radius 3 is 2.14 bits per heavy atom. The van der Waals surface area contributed by atoms with E-state index in [-0.39, 0.29) is 0 Å². The molecule has 1 aromatic carbocycles. The zero-order valence-electron chi connectivity index (χ0n) is 13.8. The molecular formula is C19H32IN. The van der Waals surface area contributed by atoms with Crippen molar-refractivity contribution in [3.8, 4) is 0 Å². The summed E-state index contributed by atoms with van der Waals surface area (Å²) in [6.45, 7) is 5.57. The second-order valence-electron chi connectivity index (χ2n) is 6.00. The lowest BCUT2D eigenvalue weighted by Gasteiger charge is -2.18. The molecule has 0 saturated carbocycles. The van der Waals surface area contributed by atoms with Crippen molar-refractivity contribution in [3.05, 3.63) is 33.4 Å². The van der Waals surface area contributed by atoms with E-state index in [1.807, 2.05) is 0 Å². The van der Waals surface area contributed by atoms with E-state index in [2.05, 4.69) is 66.0 Å². The molecule has 0 bridgehead atoms. The van der Waals surface area contributed by atoms with Gasteiger partial charge in [-0.25, -0.2) is 0 Å². The molecule has 0 aromatic heterocycles. The van der Waals surface area contributed by atoms with E-state index in [0.717, 1.165) is 6.54 Å². The first-order valence-corrected chi connectivity index (χ1v) is 9.82. The Labute approximate surface area is 145 Å². The first-order valence-electron chi connectivity index (χ1n) is 8.74. The van der Waals surface area contributed by atoms with Crippen LogP contribution in [-0.4, -0.2) is 12.6 Å². The molecule has 21 heavy (non-hydrogen) atoms. The number of nitrogens with one attached hydrogen (secondary N) is 1. The van der Waals surface area contributed by atoms with Crippen molar-refractivity contribution in [2.24, 2.45) is 0 Å². The molecular weight excluding hydrogens is 369 g/mol. The molecule has 0 aliphatic heterocycles. The summed E-state index contributed by atoms with van der Waals surface area (Å²) in [7, 11) is 0. The Morgan fingerprint density at radius 2 is 1.52 bits per heavy atom. The van der Waals surface area contributed by atoms with Crippen LogP contribution in [0.5, 0.6) is 0 Å². The summed E-state index contributed by atoms with van der Waals surface area (Å²) in [6, 6.07) is 9.62. The van der Waals surface area contributed by atoms with Crippen LogP contribution < -0.4 is 5.32 Å². The van der Waals surface area contributed by atoms with Gasteiger partial charge < -0.3 is 5.32 Å². The van der Waals surface area contributed by atoms with Crippen molar-refractivity contribution in [1.29, 1.82) is 0 Å². The van der Waals surface area contributed by atoms with E-state index in [9.17, 15) is 0 Å². The predicted octanol–water partition coefficient (Wildman–Crippen LogP) is 5.95. The molecule has 120 valence electrons. The average molecular weight is 401 g/mol.